The molecule has 19 nitrogen and oxygen atoms in total. The molecule has 2 unspecified atom stereocenters. The van der Waals surface area contributed by atoms with Gasteiger partial charge in [0.1, 0.15) is 62.6 Å². The van der Waals surface area contributed by atoms with E-state index in [9.17, 15) is 35.9 Å². The van der Waals surface area contributed by atoms with Crippen molar-refractivity contribution >= 4 is 57.0 Å². The monoisotopic (exact) mass is 1680 g/mol. The van der Waals surface area contributed by atoms with Crippen LogP contribution in [0.15, 0.2) is 170 Å². The summed E-state index contributed by atoms with van der Waals surface area (Å²) in [5, 5.41) is 44.0. The topological polar surface area (TPSA) is 290 Å². The molecule has 7 aromatic carbocycles. The van der Waals surface area contributed by atoms with Gasteiger partial charge in [-0.2, -0.15) is 26.3 Å². The summed E-state index contributed by atoms with van der Waals surface area (Å²) in [7, 11) is 5.48. The number of esters is 1. The molecule has 0 aliphatic carbocycles. The molecule has 2 aromatic heterocycles. The normalized spacial score (nSPS) is 10.9. The van der Waals surface area contributed by atoms with Crippen molar-refractivity contribution in [1.29, 1.82) is 0 Å². The number of nitrogens with zero attached hydrogens (tertiary/aromatic N) is 2. The molecule has 0 saturated heterocycles. The van der Waals surface area contributed by atoms with Crippen LogP contribution in [0.2, 0.25) is 0 Å². The number of hydrogen-bond donors (Lipinski definition) is 5. The molecule has 0 radical (unpaired) electrons. The largest absolute Gasteiger partial charge is 1.00 e. The first-order valence-corrected chi connectivity index (χ1v) is 30.0. The number of carbonyl (C=O) groups excluding carboxylic acids is 2. The number of thiazole rings is 2. The van der Waals surface area contributed by atoms with E-state index in [4.69, 9.17) is 63.9 Å². The van der Waals surface area contributed by atoms with Crippen molar-refractivity contribution in [3.63, 3.8) is 0 Å². The number of halogens is 7. The van der Waals surface area contributed by atoms with Crippen LogP contribution in [-0.2, 0) is 48.3 Å². The van der Waals surface area contributed by atoms with E-state index < -0.39 is 47.6 Å². The zero-order valence-corrected chi connectivity index (χ0v) is 69.4. The molecule has 30 heteroatoms. The van der Waals surface area contributed by atoms with Crippen molar-refractivity contribution in [1.82, 2.24) is 16.1 Å². The quantitative estimate of drug-likeness (QED) is 0.0126. The molecule has 2 atom stereocenters. The van der Waals surface area contributed by atoms with Gasteiger partial charge in [0.05, 0.1) is 65.0 Å². The second-order valence-electron chi connectivity index (χ2n) is 18.8. The summed E-state index contributed by atoms with van der Waals surface area (Å²) in [6.07, 6.45) is -10.2. The number of benzene rings is 7. The molecule has 0 saturated carbocycles. The van der Waals surface area contributed by atoms with Gasteiger partial charge in [-0.1, -0.05) is 40.2 Å². The summed E-state index contributed by atoms with van der Waals surface area (Å²) >= 11 is 6.24. The predicted octanol–water partition coefficient (Wildman–Crippen LogP) is 9.17. The van der Waals surface area contributed by atoms with Crippen LogP contribution in [0.5, 0.6) is 46.0 Å². The van der Waals surface area contributed by atoms with E-state index in [0.717, 1.165) is 74.5 Å². The number of aromatic nitrogens is 2. The molecule has 506 valence electrons. The molecule has 0 amide bonds. The Morgan fingerprint density at radius 3 is 1.20 bits per heavy atom. The number of carboxylic acid groups (broad SMARTS) is 1. The molecule has 0 fully saturated rings. The average molecular weight is 1680 g/mol. The van der Waals surface area contributed by atoms with Crippen molar-refractivity contribution in [2.45, 2.75) is 70.3 Å². The molecule has 9 rings (SSSR count). The number of carboxylic acids is 1. The number of aliphatic carboxylic acids is 1. The van der Waals surface area contributed by atoms with Crippen LogP contribution in [-0.4, -0.2) is 95.6 Å². The molecule has 0 aliphatic heterocycles. The van der Waals surface area contributed by atoms with E-state index in [0.29, 0.717) is 50.2 Å². The Bertz CT molecular complexity index is 3700. The SMILES string of the molecule is CC(Oc1ccc(O)cc1)C(=O)O.CO.COC(=O)C(C)Oc1ccc(O)cc1.COc1ccc(-c2nc(CBr)sc2-c2ccc(C(F)(F)F)cc2)cc1.COc1ccc(-c2nc(COc3ccc(OC(C)C)cc3)sc2-c2ccc(C(F)(F)F)cc2)cc1.N.O=CO[O-].[Cs+].[Cs+].[H-]. The smallest absolute Gasteiger partial charge is 1.00 e. The van der Waals surface area contributed by atoms with Gasteiger partial charge < -0.3 is 71.3 Å². The minimum atomic E-state index is -4.39. The number of aromatic hydroxyl groups is 2. The number of ether oxygens (including phenoxy) is 7. The Balaban J connectivity index is 0.00000130. The first-order valence-electron chi connectivity index (χ1n) is 27.3. The third-order valence-corrected chi connectivity index (χ3v) is 15.0. The molecule has 0 aliphatic rings. The Morgan fingerprint density at radius 1 is 0.542 bits per heavy atom. The van der Waals surface area contributed by atoms with Crippen molar-refractivity contribution in [3.05, 3.63) is 191 Å². The Labute approximate surface area is 686 Å². The zero-order chi connectivity index (χ0) is 68.8. The first-order chi connectivity index (χ1) is 44.3. The summed E-state index contributed by atoms with van der Waals surface area (Å²) in [5.74, 6) is 2.62. The number of phenolic OH excluding ortho intramolecular Hbond substituents is 2. The van der Waals surface area contributed by atoms with Gasteiger partial charge in [0, 0.05) is 18.2 Å². The second-order valence-corrected chi connectivity index (χ2v) is 21.5. The minimum absolute atomic E-state index is 0. The molecule has 0 spiro atoms. The number of hydrogen-bond acceptors (Lipinski definition) is 20. The summed E-state index contributed by atoms with van der Waals surface area (Å²) in [6.45, 7) is 7.00. The van der Waals surface area contributed by atoms with Crippen molar-refractivity contribution < 1.29 is 244 Å². The van der Waals surface area contributed by atoms with Crippen LogP contribution in [0.1, 0.15) is 50.3 Å². The third kappa shape index (κ3) is 30.0. The van der Waals surface area contributed by atoms with E-state index in [-0.39, 0.29) is 176 Å². The fraction of sp³-hybridized carbons (Fsp3) is 0.227. The number of methoxy groups -OCH3 is 3. The van der Waals surface area contributed by atoms with E-state index in [1.807, 2.05) is 86.6 Å². The molecule has 9 aromatic rings. The molecule has 7 N–H and O–H groups in total. The number of rotatable bonds is 19. The van der Waals surface area contributed by atoms with E-state index >= 15 is 0 Å². The zero-order valence-electron chi connectivity index (χ0n) is 54.6. The van der Waals surface area contributed by atoms with Crippen LogP contribution in [0.4, 0.5) is 26.3 Å². The molecule has 0 bridgehead atoms. The molecular weight excluding hydrogens is 1610 g/mol. The molecular formula is C66H68BrCs2F6N3O16S2. The van der Waals surface area contributed by atoms with Crippen LogP contribution in [0, 0.1) is 0 Å². The number of alkyl halides is 7. The number of phenols is 2. The van der Waals surface area contributed by atoms with Crippen LogP contribution < -0.4 is 178 Å². The number of carbonyl (C=O) groups is 3. The van der Waals surface area contributed by atoms with Gasteiger partial charge in [-0.15, -0.1) is 22.7 Å². The fourth-order valence-electron chi connectivity index (χ4n) is 7.50. The standard InChI is InChI=1S/C27H24F3NO3S.C18H13BrF3NOS.C10H12O4.C9H10O4.CH2O3.CH4O.2Cs.H3N.H/c1-17(2)34-23-14-12-22(13-15-23)33-16-24-31-25(18-6-10-21(32-3)11-7-18)26(35-24)19-4-8-20(9-5-19)27(28,29)30;1-24-14-8-4-11(5-9-14)16-17(25-15(10-19)23-16)12-2-6-13(7-3-12)18(20,21)22;1-7(10(12)13-2)14-9-5-3-8(11)4-6-9;1-6(9(11)12)13-8-4-2-7(10)3-5-8;2-1-4-3;1-2;;;;/h4-15,17H,16H2,1-3H3;2-9H,10H2,1H3;3-7,11H,1-2H3;2-6,10H,1H3,(H,11,12);1,3H;2H,1H3;;;1H3;/q;;;;;;2*+1;;-1/p-1. The summed E-state index contributed by atoms with van der Waals surface area (Å²) in [5.41, 5.74) is 3.17. The van der Waals surface area contributed by atoms with Crippen LogP contribution in [0.25, 0.3) is 43.4 Å². The van der Waals surface area contributed by atoms with Crippen molar-refractivity contribution in [2.24, 2.45) is 0 Å². The molecule has 2 heterocycles. The van der Waals surface area contributed by atoms with Gasteiger partial charge in [0.25, 0.3) is 6.47 Å². The number of aliphatic hydroxyl groups excluding tert-OH is 1. The van der Waals surface area contributed by atoms with Gasteiger partial charge in [0.2, 0.25) is 0 Å². The maximum absolute atomic E-state index is 13.0. The Hall–Kier alpha value is -5.35. The Morgan fingerprint density at radius 2 is 0.865 bits per heavy atom. The maximum atomic E-state index is 13.0. The summed E-state index contributed by atoms with van der Waals surface area (Å²) in [4.78, 5) is 43.6. The molecule has 96 heavy (non-hydrogen) atoms. The van der Waals surface area contributed by atoms with E-state index in [1.54, 1.807) is 33.3 Å². The van der Waals surface area contributed by atoms with Crippen molar-refractivity contribution in [3.8, 4) is 89.4 Å². The summed E-state index contributed by atoms with van der Waals surface area (Å²) < 4.78 is 114. The van der Waals surface area contributed by atoms with Crippen LogP contribution >= 0.6 is 38.6 Å². The first kappa shape index (κ1) is 88.7. The minimum Gasteiger partial charge on any atom is -1.00 e. The van der Waals surface area contributed by atoms with Gasteiger partial charge >= 0.3 is 162 Å². The van der Waals surface area contributed by atoms with Gasteiger partial charge in [-0.05, 0) is 184 Å². The Kier molecular flexibility index (Phi) is 41.9. The van der Waals surface area contributed by atoms with E-state index in [1.165, 1.54) is 97.4 Å². The fourth-order valence-corrected chi connectivity index (χ4v) is 9.92. The van der Waals surface area contributed by atoms with Gasteiger partial charge in [0.15, 0.2) is 12.2 Å². The van der Waals surface area contributed by atoms with Crippen LogP contribution in [0.3, 0.4) is 0 Å². The maximum Gasteiger partial charge on any atom is 1.00 e. The predicted molar refractivity (Wildman–Crippen MR) is 346 cm³/mol. The number of aliphatic hydroxyl groups is 1. The van der Waals surface area contributed by atoms with E-state index in [2.05, 4.69) is 30.5 Å². The van der Waals surface area contributed by atoms with Gasteiger partial charge in [-0.3, -0.25) is 4.79 Å². The third-order valence-electron chi connectivity index (χ3n) is 11.9. The second kappa shape index (κ2) is 45.3. The average Bonchev–Trinajstić information content (AvgIpc) is 1.71. The van der Waals surface area contributed by atoms with Crippen molar-refractivity contribution in [2.75, 3.05) is 28.4 Å². The van der Waals surface area contributed by atoms with Gasteiger partial charge in [-0.25, -0.2) is 19.6 Å². The summed E-state index contributed by atoms with van der Waals surface area (Å²) in [6, 6.07) is 44.5.